The van der Waals surface area contributed by atoms with Crippen molar-refractivity contribution in [2.45, 2.75) is 26.4 Å². The number of aromatic amines is 1. The van der Waals surface area contributed by atoms with Gasteiger partial charge in [0.25, 0.3) is 11.2 Å². The molecule has 0 atom stereocenters. The van der Waals surface area contributed by atoms with E-state index in [0.717, 1.165) is 12.2 Å². The van der Waals surface area contributed by atoms with Gasteiger partial charge in [0.1, 0.15) is 5.82 Å². The second-order valence-electron chi connectivity index (χ2n) is 5.42. The van der Waals surface area contributed by atoms with Crippen molar-refractivity contribution in [3.05, 3.63) is 67.4 Å². The summed E-state index contributed by atoms with van der Waals surface area (Å²) in [6.45, 7) is 3.41. The molecule has 1 aromatic carbocycles. The van der Waals surface area contributed by atoms with Gasteiger partial charge in [0.15, 0.2) is 0 Å². The third-order valence-corrected chi connectivity index (χ3v) is 3.85. The van der Waals surface area contributed by atoms with Crippen molar-refractivity contribution in [2.24, 2.45) is 0 Å². The summed E-state index contributed by atoms with van der Waals surface area (Å²) in [6, 6.07) is 6.71. The zero-order chi connectivity index (χ0) is 15.7. The van der Waals surface area contributed by atoms with Crippen molar-refractivity contribution in [1.82, 2.24) is 14.9 Å². The number of hydrogen-bond acceptors (Lipinski definition) is 5. The molecule has 114 valence electrons. The van der Waals surface area contributed by atoms with Gasteiger partial charge in [-0.2, -0.15) is 0 Å². The molecule has 0 aliphatic carbocycles. The Morgan fingerprint density at radius 1 is 1.41 bits per heavy atom. The molecule has 1 N–H and O–H groups in total. The maximum atomic E-state index is 12.0. The van der Waals surface area contributed by atoms with Crippen LogP contribution in [0.25, 0.3) is 0 Å². The predicted octanol–water partition coefficient (Wildman–Crippen LogP) is 1.54. The van der Waals surface area contributed by atoms with E-state index in [9.17, 15) is 14.9 Å². The number of benzene rings is 1. The lowest BCUT2D eigenvalue weighted by atomic mass is 10.1. The molecule has 0 saturated heterocycles. The van der Waals surface area contributed by atoms with Gasteiger partial charge in [0, 0.05) is 37.7 Å². The molecule has 1 aromatic heterocycles. The first-order valence-corrected chi connectivity index (χ1v) is 7.08. The van der Waals surface area contributed by atoms with Crippen molar-refractivity contribution in [3.8, 4) is 0 Å². The van der Waals surface area contributed by atoms with Crippen LogP contribution >= 0.6 is 0 Å². The van der Waals surface area contributed by atoms with E-state index in [0.29, 0.717) is 36.5 Å². The lowest BCUT2D eigenvalue weighted by molar-refractivity contribution is -0.385. The molecule has 2 aromatic rings. The van der Waals surface area contributed by atoms with E-state index in [4.69, 9.17) is 0 Å². The predicted molar refractivity (Wildman–Crippen MR) is 80.5 cm³/mol. The summed E-state index contributed by atoms with van der Waals surface area (Å²) in [5, 5.41) is 11.1. The van der Waals surface area contributed by atoms with Crippen molar-refractivity contribution in [2.75, 3.05) is 6.54 Å². The molecule has 0 spiro atoms. The Bertz CT molecular complexity index is 785. The summed E-state index contributed by atoms with van der Waals surface area (Å²) in [5.41, 5.74) is 2.15. The highest BCUT2D eigenvalue weighted by molar-refractivity contribution is 5.39. The number of aromatic nitrogens is 2. The Kier molecular flexibility index (Phi) is 3.72. The quantitative estimate of drug-likeness (QED) is 0.685. The lowest BCUT2D eigenvalue weighted by Gasteiger charge is -2.27. The lowest BCUT2D eigenvalue weighted by Crippen LogP contribution is -2.35. The number of hydrogen-bond donors (Lipinski definition) is 1. The first kappa shape index (κ1) is 14.4. The SMILES string of the molecule is Cc1nc2c(c(=O)[nH]1)CN(Cc1ccccc1[N+](=O)[O-])CC2. The highest BCUT2D eigenvalue weighted by atomic mass is 16.6. The van der Waals surface area contributed by atoms with Crippen LogP contribution in [-0.4, -0.2) is 26.3 Å². The van der Waals surface area contributed by atoms with Crippen LogP contribution in [0, 0.1) is 17.0 Å². The fourth-order valence-corrected chi connectivity index (χ4v) is 2.80. The van der Waals surface area contributed by atoms with Crippen LogP contribution in [0.1, 0.15) is 22.6 Å². The van der Waals surface area contributed by atoms with Gasteiger partial charge >= 0.3 is 0 Å². The normalized spacial score (nSPS) is 14.6. The number of nitrogens with zero attached hydrogens (tertiary/aromatic N) is 3. The van der Waals surface area contributed by atoms with Crippen LogP contribution in [0.2, 0.25) is 0 Å². The summed E-state index contributed by atoms with van der Waals surface area (Å²) in [4.78, 5) is 31.9. The molecule has 0 fully saturated rings. The monoisotopic (exact) mass is 300 g/mol. The average Bonchev–Trinajstić information content (AvgIpc) is 2.48. The van der Waals surface area contributed by atoms with E-state index in [1.807, 2.05) is 4.90 Å². The largest absolute Gasteiger partial charge is 0.310 e. The van der Waals surface area contributed by atoms with Crippen LogP contribution in [0.5, 0.6) is 0 Å². The summed E-state index contributed by atoms with van der Waals surface area (Å²) in [7, 11) is 0. The minimum absolute atomic E-state index is 0.115. The van der Waals surface area contributed by atoms with Crippen molar-refractivity contribution < 1.29 is 4.92 Å². The fraction of sp³-hybridized carbons (Fsp3) is 0.333. The molecular weight excluding hydrogens is 284 g/mol. The first-order chi connectivity index (χ1) is 10.5. The molecule has 7 nitrogen and oxygen atoms in total. The van der Waals surface area contributed by atoms with Gasteiger partial charge in [0.05, 0.1) is 16.2 Å². The Morgan fingerprint density at radius 3 is 2.95 bits per heavy atom. The molecule has 1 aliphatic rings. The Morgan fingerprint density at radius 2 is 2.18 bits per heavy atom. The minimum atomic E-state index is -0.370. The number of para-hydroxylation sites is 1. The number of fused-ring (bicyclic) bond motifs is 1. The molecule has 0 unspecified atom stereocenters. The van der Waals surface area contributed by atoms with Crippen LogP contribution < -0.4 is 5.56 Å². The first-order valence-electron chi connectivity index (χ1n) is 7.08. The number of nitro groups is 1. The Labute approximate surface area is 126 Å². The van der Waals surface area contributed by atoms with Crippen LogP contribution in [-0.2, 0) is 19.5 Å². The molecule has 22 heavy (non-hydrogen) atoms. The topological polar surface area (TPSA) is 92.1 Å². The fourth-order valence-electron chi connectivity index (χ4n) is 2.80. The van der Waals surface area contributed by atoms with E-state index < -0.39 is 0 Å². The number of nitrogens with one attached hydrogen (secondary N) is 1. The third-order valence-electron chi connectivity index (χ3n) is 3.85. The van der Waals surface area contributed by atoms with Crippen molar-refractivity contribution in [1.29, 1.82) is 0 Å². The van der Waals surface area contributed by atoms with Crippen LogP contribution in [0.3, 0.4) is 0 Å². The molecule has 0 radical (unpaired) electrons. The molecule has 7 heteroatoms. The minimum Gasteiger partial charge on any atom is -0.310 e. The molecule has 3 rings (SSSR count). The molecular formula is C15H16N4O3. The van der Waals surface area contributed by atoms with E-state index in [1.54, 1.807) is 25.1 Å². The van der Waals surface area contributed by atoms with E-state index in [2.05, 4.69) is 9.97 Å². The van der Waals surface area contributed by atoms with Gasteiger partial charge in [-0.3, -0.25) is 19.8 Å². The molecule has 0 saturated carbocycles. The Hall–Kier alpha value is -2.54. The highest BCUT2D eigenvalue weighted by Crippen LogP contribution is 2.22. The zero-order valence-electron chi connectivity index (χ0n) is 12.2. The number of H-pyrrole nitrogens is 1. The smallest absolute Gasteiger partial charge is 0.273 e. The summed E-state index contributed by atoms with van der Waals surface area (Å²) in [5.74, 6) is 0.621. The zero-order valence-corrected chi connectivity index (χ0v) is 12.2. The summed E-state index contributed by atoms with van der Waals surface area (Å²) >= 11 is 0. The summed E-state index contributed by atoms with van der Waals surface area (Å²) in [6.07, 6.45) is 0.681. The van der Waals surface area contributed by atoms with Crippen LogP contribution in [0.15, 0.2) is 29.1 Å². The molecule has 0 amide bonds. The van der Waals surface area contributed by atoms with Gasteiger partial charge < -0.3 is 4.98 Å². The highest BCUT2D eigenvalue weighted by Gasteiger charge is 2.23. The molecule has 2 heterocycles. The van der Waals surface area contributed by atoms with Gasteiger partial charge in [-0.1, -0.05) is 18.2 Å². The number of nitro benzene ring substituents is 1. The summed E-state index contributed by atoms with van der Waals surface area (Å²) < 4.78 is 0. The molecule has 0 bridgehead atoms. The number of aryl methyl sites for hydroxylation is 1. The maximum Gasteiger partial charge on any atom is 0.273 e. The van der Waals surface area contributed by atoms with Gasteiger partial charge in [-0.25, -0.2) is 4.98 Å². The van der Waals surface area contributed by atoms with Crippen molar-refractivity contribution in [3.63, 3.8) is 0 Å². The van der Waals surface area contributed by atoms with Crippen LogP contribution in [0.4, 0.5) is 5.69 Å². The van der Waals surface area contributed by atoms with Gasteiger partial charge in [-0.05, 0) is 6.92 Å². The maximum absolute atomic E-state index is 12.0. The standard InChI is InChI=1S/C15H16N4O3/c1-10-16-13-6-7-18(9-12(13)15(20)17-10)8-11-4-2-3-5-14(11)19(21)22/h2-5H,6-9H2,1H3,(H,16,17,20). The number of rotatable bonds is 3. The Balaban J connectivity index is 1.84. The second-order valence-corrected chi connectivity index (χ2v) is 5.42. The second kappa shape index (κ2) is 5.69. The van der Waals surface area contributed by atoms with Crippen molar-refractivity contribution >= 4 is 5.69 Å². The van der Waals surface area contributed by atoms with E-state index in [1.165, 1.54) is 6.07 Å². The van der Waals surface area contributed by atoms with Gasteiger partial charge in [-0.15, -0.1) is 0 Å². The molecule has 1 aliphatic heterocycles. The van der Waals surface area contributed by atoms with E-state index in [-0.39, 0.29) is 16.2 Å². The van der Waals surface area contributed by atoms with E-state index >= 15 is 0 Å². The third kappa shape index (κ3) is 2.75. The van der Waals surface area contributed by atoms with Gasteiger partial charge in [0.2, 0.25) is 0 Å². The average molecular weight is 300 g/mol.